The summed E-state index contributed by atoms with van der Waals surface area (Å²) in [5, 5.41) is 12.5. The van der Waals surface area contributed by atoms with E-state index in [9.17, 15) is 0 Å². The first kappa shape index (κ1) is 14.8. The molecule has 22 heavy (non-hydrogen) atoms. The maximum atomic E-state index is 5.69. The lowest BCUT2D eigenvalue weighted by molar-refractivity contribution is 0.384. The molecule has 2 aromatic heterocycles. The van der Waals surface area contributed by atoms with Crippen molar-refractivity contribution in [1.29, 1.82) is 0 Å². The molecule has 0 saturated carbocycles. The third-order valence-electron chi connectivity index (χ3n) is 3.02. The molecule has 6 nitrogen and oxygen atoms in total. The van der Waals surface area contributed by atoms with Crippen molar-refractivity contribution in [3.63, 3.8) is 0 Å². The molecular formula is C15H16N4O2S. The standard InChI is InChI=1S/C15H16N4O2S/c1-4-12-16-13(21-19-12)8-22-15-18-17-14(20-15)11-6-9(2)5-10(3)7-11/h5-7H,4,8H2,1-3H3. The van der Waals surface area contributed by atoms with Crippen LogP contribution in [0.25, 0.3) is 11.5 Å². The van der Waals surface area contributed by atoms with E-state index in [0.717, 1.165) is 12.0 Å². The van der Waals surface area contributed by atoms with Gasteiger partial charge >= 0.3 is 0 Å². The molecule has 0 radical (unpaired) electrons. The van der Waals surface area contributed by atoms with Gasteiger partial charge in [-0.15, -0.1) is 10.2 Å². The van der Waals surface area contributed by atoms with E-state index in [1.165, 1.54) is 22.9 Å². The predicted octanol–water partition coefficient (Wildman–Crippen LogP) is 3.59. The summed E-state index contributed by atoms with van der Waals surface area (Å²) in [5.41, 5.74) is 3.27. The lowest BCUT2D eigenvalue weighted by Crippen LogP contribution is -1.84. The molecule has 114 valence electrons. The number of rotatable bonds is 5. The molecule has 0 fully saturated rings. The highest BCUT2D eigenvalue weighted by Crippen LogP contribution is 2.26. The van der Waals surface area contributed by atoms with Crippen molar-refractivity contribution < 1.29 is 8.94 Å². The maximum absolute atomic E-state index is 5.69. The molecule has 0 aliphatic carbocycles. The molecule has 1 aromatic carbocycles. The Morgan fingerprint density at radius 3 is 2.55 bits per heavy atom. The zero-order valence-corrected chi connectivity index (χ0v) is 13.5. The van der Waals surface area contributed by atoms with Crippen LogP contribution in [0.5, 0.6) is 0 Å². The van der Waals surface area contributed by atoms with Gasteiger partial charge in [0.2, 0.25) is 11.8 Å². The quantitative estimate of drug-likeness (QED) is 0.665. The largest absolute Gasteiger partial charge is 0.411 e. The SMILES string of the molecule is CCc1noc(CSc2nnc(-c3cc(C)cc(C)c3)o2)n1. The monoisotopic (exact) mass is 316 g/mol. The second kappa shape index (κ2) is 6.31. The second-order valence-corrected chi connectivity index (χ2v) is 5.92. The van der Waals surface area contributed by atoms with E-state index in [2.05, 4.69) is 26.4 Å². The molecule has 2 heterocycles. The van der Waals surface area contributed by atoms with Crippen LogP contribution in [-0.2, 0) is 12.2 Å². The summed E-state index contributed by atoms with van der Waals surface area (Å²) in [6, 6.07) is 6.16. The number of aromatic nitrogens is 4. The number of hydrogen-bond acceptors (Lipinski definition) is 7. The predicted molar refractivity (Wildman–Crippen MR) is 82.4 cm³/mol. The average Bonchev–Trinajstić information content (AvgIpc) is 3.13. The molecule has 0 saturated heterocycles. The van der Waals surface area contributed by atoms with Crippen LogP contribution in [0.2, 0.25) is 0 Å². The van der Waals surface area contributed by atoms with Crippen molar-refractivity contribution in [2.75, 3.05) is 0 Å². The number of nitrogens with zero attached hydrogens (tertiary/aromatic N) is 4. The van der Waals surface area contributed by atoms with E-state index in [4.69, 9.17) is 8.94 Å². The third kappa shape index (κ3) is 3.36. The Labute approximate surface area is 132 Å². The third-order valence-corrected chi connectivity index (χ3v) is 3.82. The summed E-state index contributed by atoms with van der Waals surface area (Å²) < 4.78 is 10.8. The van der Waals surface area contributed by atoms with E-state index in [1.807, 2.05) is 32.9 Å². The summed E-state index contributed by atoms with van der Waals surface area (Å²) in [6.07, 6.45) is 0.756. The molecule has 0 N–H and O–H groups in total. The Bertz CT molecular complexity index is 761. The second-order valence-electron chi connectivity index (χ2n) is 5.00. The number of hydrogen-bond donors (Lipinski definition) is 0. The topological polar surface area (TPSA) is 77.8 Å². The summed E-state index contributed by atoms with van der Waals surface area (Å²) in [7, 11) is 0. The minimum absolute atomic E-state index is 0.491. The van der Waals surface area contributed by atoms with Gasteiger partial charge in [0.15, 0.2) is 5.82 Å². The molecule has 0 spiro atoms. The van der Waals surface area contributed by atoms with Crippen molar-refractivity contribution in [1.82, 2.24) is 20.3 Å². The van der Waals surface area contributed by atoms with Gasteiger partial charge in [-0.25, -0.2) is 0 Å². The first-order chi connectivity index (χ1) is 10.6. The fourth-order valence-electron chi connectivity index (χ4n) is 2.10. The van der Waals surface area contributed by atoms with Crippen LogP contribution in [0.3, 0.4) is 0 Å². The van der Waals surface area contributed by atoms with Gasteiger partial charge < -0.3 is 8.94 Å². The zero-order chi connectivity index (χ0) is 15.5. The Kier molecular flexibility index (Phi) is 4.24. The summed E-state index contributed by atoms with van der Waals surface area (Å²) in [5.74, 6) is 2.31. The van der Waals surface area contributed by atoms with Gasteiger partial charge in [-0.1, -0.05) is 41.0 Å². The van der Waals surface area contributed by atoms with Gasteiger partial charge in [0.1, 0.15) is 0 Å². The molecule has 0 atom stereocenters. The zero-order valence-electron chi connectivity index (χ0n) is 12.7. The van der Waals surface area contributed by atoms with Crippen molar-refractivity contribution in [3.05, 3.63) is 41.0 Å². The van der Waals surface area contributed by atoms with E-state index >= 15 is 0 Å². The molecule has 0 amide bonds. The van der Waals surface area contributed by atoms with Crippen LogP contribution < -0.4 is 0 Å². The van der Waals surface area contributed by atoms with Gasteiger partial charge in [0.25, 0.3) is 5.22 Å². The van der Waals surface area contributed by atoms with Crippen molar-refractivity contribution in [2.45, 2.75) is 38.2 Å². The highest BCUT2D eigenvalue weighted by molar-refractivity contribution is 7.98. The summed E-state index contributed by atoms with van der Waals surface area (Å²) in [4.78, 5) is 4.24. The molecule has 0 aliphatic heterocycles. The molecule has 0 bridgehead atoms. The molecule has 0 unspecified atom stereocenters. The molecule has 0 aliphatic rings. The van der Waals surface area contributed by atoms with Gasteiger partial charge in [0, 0.05) is 12.0 Å². The lowest BCUT2D eigenvalue weighted by atomic mass is 10.1. The minimum atomic E-state index is 0.491. The van der Waals surface area contributed by atoms with Gasteiger partial charge in [0.05, 0.1) is 5.75 Å². The van der Waals surface area contributed by atoms with Crippen LogP contribution in [0.1, 0.15) is 29.8 Å². The summed E-state index contributed by atoms with van der Waals surface area (Å²) >= 11 is 1.38. The van der Waals surface area contributed by atoms with E-state index in [-0.39, 0.29) is 0 Å². The number of benzene rings is 1. The van der Waals surface area contributed by atoms with Crippen LogP contribution in [0, 0.1) is 13.8 Å². The molecule has 3 rings (SSSR count). The smallest absolute Gasteiger partial charge is 0.277 e. The van der Waals surface area contributed by atoms with Crippen molar-refractivity contribution >= 4 is 11.8 Å². The Morgan fingerprint density at radius 1 is 1.09 bits per heavy atom. The highest BCUT2D eigenvalue weighted by atomic mass is 32.2. The maximum Gasteiger partial charge on any atom is 0.277 e. The average molecular weight is 316 g/mol. The Balaban J connectivity index is 1.70. The van der Waals surface area contributed by atoms with E-state index < -0.39 is 0 Å². The fourth-order valence-corrected chi connectivity index (χ4v) is 2.70. The van der Waals surface area contributed by atoms with Crippen LogP contribution in [0.4, 0.5) is 0 Å². The van der Waals surface area contributed by atoms with E-state index in [0.29, 0.717) is 28.6 Å². The number of thioether (sulfide) groups is 1. The van der Waals surface area contributed by atoms with Crippen molar-refractivity contribution in [2.24, 2.45) is 0 Å². The number of aryl methyl sites for hydroxylation is 3. The highest BCUT2D eigenvalue weighted by Gasteiger charge is 2.12. The van der Waals surface area contributed by atoms with Crippen LogP contribution in [0.15, 0.2) is 32.4 Å². The first-order valence-corrected chi connectivity index (χ1v) is 7.99. The minimum Gasteiger partial charge on any atom is -0.411 e. The van der Waals surface area contributed by atoms with Crippen LogP contribution >= 0.6 is 11.8 Å². The van der Waals surface area contributed by atoms with Gasteiger partial charge in [-0.3, -0.25) is 0 Å². The lowest BCUT2D eigenvalue weighted by Gasteiger charge is -1.99. The normalized spacial score (nSPS) is 11.0. The van der Waals surface area contributed by atoms with Gasteiger partial charge in [-0.2, -0.15) is 4.98 Å². The Hall–Kier alpha value is -2.15. The molecule has 3 aromatic rings. The van der Waals surface area contributed by atoms with E-state index in [1.54, 1.807) is 0 Å². The summed E-state index contributed by atoms with van der Waals surface area (Å²) in [6.45, 7) is 6.07. The molecule has 7 heteroatoms. The van der Waals surface area contributed by atoms with Crippen molar-refractivity contribution in [3.8, 4) is 11.5 Å². The fraction of sp³-hybridized carbons (Fsp3) is 0.333. The first-order valence-electron chi connectivity index (χ1n) is 7.00. The van der Waals surface area contributed by atoms with Crippen LogP contribution in [-0.4, -0.2) is 20.3 Å². The molecular weight excluding hydrogens is 300 g/mol. The Morgan fingerprint density at radius 2 is 1.86 bits per heavy atom. The van der Waals surface area contributed by atoms with Gasteiger partial charge in [-0.05, 0) is 26.0 Å².